The third kappa shape index (κ3) is 5.21. The van der Waals surface area contributed by atoms with Crippen LogP contribution in [0.15, 0.2) is 22.7 Å². The molecule has 2 N–H and O–H groups in total. The van der Waals surface area contributed by atoms with Crippen molar-refractivity contribution in [1.29, 1.82) is 0 Å². The number of ketones is 1. The van der Waals surface area contributed by atoms with Gasteiger partial charge >= 0.3 is 0 Å². The summed E-state index contributed by atoms with van der Waals surface area (Å²) in [5.41, 5.74) is 7.13. The van der Waals surface area contributed by atoms with E-state index < -0.39 is 0 Å². The number of Topliss-reactive ketones (excluding diaryl/α,β-unsaturated/α-hetero) is 1. The van der Waals surface area contributed by atoms with Crippen LogP contribution in [0.5, 0.6) is 0 Å². The number of anilines is 1. The van der Waals surface area contributed by atoms with Gasteiger partial charge in [-0.05, 0) is 40.5 Å². The van der Waals surface area contributed by atoms with Crippen molar-refractivity contribution in [3.63, 3.8) is 0 Å². The van der Waals surface area contributed by atoms with Gasteiger partial charge in [-0.15, -0.1) is 0 Å². The van der Waals surface area contributed by atoms with Crippen LogP contribution in [-0.4, -0.2) is 5.78 Å². The van der Waals surface area contributed by atoms with E-state index >= 15 is 0 Å². The highest BCUT2D eigenvalue weighted by molar-refractivity contribution is 9.10. The summed E-state index contributed by atoms with van der Waals surface area (Å²) in [6, 6.07) is 5.40. The zero-order valence-corrected chi connectivity index (χ0v) is 12.6. The number of benzene rings is 1. The van der Waals surface area contributed by atoms with E-state index in [1.807, 2.05) is 6.07 Å². The largest absolute Gasteiger partial charge is 0.398 e. The maximum atomic E-state index is 11.9. The molecule has 0 saturated heterocycles. The second-order valence-corrected chi connectivity index (χ2v) is 5.53. The molecule has 0 spiro atoms. The Kier molecular flexibility index (Phi) is 7.02. The zero-order valence-electron chi connectivity index (χ0n) is 11.0. The number of rotatable bonds is 8. The smallest absolute Gasteiger partial charge is 0.162 e. The summed E-state index contributed by atoms with van der Waals surface area (Å²) < 4.78 is 0.802. The zero-order chi connectivity index (χ0) is 13.4. The Hall–Kier alpha value is -0.830. The van der Waals surface area contributed by atoms with Gasteiger partial charge < -0.3 is 5.73 Å². The number of halogens is 1. The molecule has 0 aromatic heterocycles. The Morgan fingerprint density at radius 2 is 1.83 bits per heavy atom. The van der Waals surface area contributed by atoms with Crippen molar-refractivity contribution < 1.29 is 4.79 Å². The Labute approximate surface area is 118 Å². The third-order valence-electron chi connectivity index (χ3n) is 3.08. The van der Waals surface area contributed by atoms with Crippen molar-refractivity contribution in [1.82, 2.24) is 0 Å². The minimum atomic E-state index is 0.214. The predicted octanol–water partition coefficient (Wildman–Crippen LogP) is 4.96. The molecule has 1 rings (SSSR count). The van der Waals surface area contributed by atoms with Crippen LogP contribution in [-0.2, 0) is 0 Å². The maximum Gasteiger partial charge on any atom is 0.162 e. The van der Waals surface area contributed by atoms with Gasteiger partial charge in [-0.25, -0.2) is 0 Å². The highest BCUT2D eigenvalue weighted by Gasteiger charge is 2.07. The number of hydrogen-bond acceptors (Lipinski definition) is 2. The molecule has 0 fully saturated rings. The van der Waals surface area contributed by atoms with Crippen LogP contribution < -0.4 is 5.73 Å². The van der Waals surface area contributed by atoms with Crippen molar-refractivity contribution in [2.45, 2.75) is 51.9 Å². The van der Waals surface area contributed by atoms with Crippen LogP contribution in [0.4, 0.5) is 5.69 Å². The van der Waals surface area contributed by atoms with E-state index in [0.29, 0.717) is 12.1 Å². The Morgan fingerprint density at radius 1 is 1.17 bits per heavy atom. The van der Waals surface area contributed by atoms with Crippen molar-refractivity contribution in [3.05, 3.63) is 28.2 Å². The van der Waals surface area contributed by atoms with Crippen LogP contribution in [0.2, 0.25) is 0 Å². The molecule has 3 heteroatoms. The average Bonchev–Trinajstić information content (AvgIpc) is 2.36. The first-order chi connectivity index (χ1) is 8.65. The second kappa shape index (κ2) is 8.30. The fourth-order valence-corrected chi connectivity index (χ4v) is 2.29. The predicted molar refractivity (Wildman–Crippen MR) is 80.9 cm³/mol. The summed E-state index contributed by atoms with van der Waals surface area (Å²) >= 11 is 3.35. The molecule has 1 aromatic rings. The molecule has 2 nitrogen and oxygen atoms in total. The summed E-state index contributed by atoms with van der Waals surface area (Å²) in [6.07, 6.45) is 7.89. The molecule has 0 heterocycles. The van der Waals surface area contributed by atoms with Crippen molar-refractivity contribution in [3.8, 4) is 0 Å². The summed E-state index contributed by atoms with van der Waals surface area (Å²) in [4.78, 5) is 11.9. The summed E-state index contributed by atoms with van der Waals surface area (Å²) in [7, 11) is 0. The SMILES string of the molecule is CCCCCCCCC(=O)c1ccc(N)c(Br)c1. The van der Waals surface area contributed by atoms with Gasteiger partial charge in [0.25, 0.3) is 0 Å². The number of nitrogen functional groups attached to an aromatic ring is 1. The highest BCUT2D eigenvalue weighted by atomic mass is 79.9. The molecule has 0 saturated carbocycles. The maximum absolute atomic E-state index is 11.9. The Morgan fingerprint density at radius 3 is 2.50 bits per heavy atom. The molecule has 0 aliphatic carbocycles. The van der Waals surface area contributed by atoms with Crippen LogP contribution in [0.1, 0.15) is 62.2 Å². The Bertz CT molecular complexity index is 390. The second-order valence-electron chi connectivity index (χ2n) is 4.68. The first-order valence-electron chi connectivity index (χ1n) is 6.73. The topological polar surface area (TPSA) is 43.1 Å². The number of carbonyl (C=O) groups excluding carboxylic acids is 1. The molecule has 0 bridgehead atoms. The van der Waals surface area contributed by atoms with Gasteiger partial charge in [-0.2, -0.15) is 0 Å². The summed E-state index contributed by atoms with van der Waals surface area (Å²) in [5.74, 6) is 0.214. The van der Waals surface area contributed by atoms with E-state index in [4.69, 9.17) is 5.73 Å². The van der Waals surface area contributed by atoms with E-state index in [0.717, 1.165) is 22.9 Å². The van der Waals surface area contributed by atoms with E-state index in [2.05, 4.69) is 22.9 Å². The van der Waals surface area contributed by atoms with Crippen molar-refractivity contribution in [2.24, 2.45) is 0 Å². The van der Waals surface area contributed by atoms with E-state index in [1.54, 1.807) is 12.1 Å². The quantitative estimate of drug-likeness (QED) is 0.418. The lowest BCUT2D eigenvalue weighted by Gasteiger charge is -2.04. The van der Waals surface area contributed by atoms with Crippen LogP contribution >= 0.6 is 15.9 Å². The minimum absolute atomic E-state index is 0.214. The van der Waals surface area contributed by atoms with Gasteiger partial charge in [0.1, 0.15) is 0 Å². The molecule has 0 radical (unpaired) electrons. The van der Waals surface area contributed by atoms with Crippen molar-refractivity contribution in [2.75, 3.05) is 5.73 Å². The molecule has 0 atom stereocenters. The van der Waals surface area contributed by atoms with Gasteiger partial charge in [0.15, 0.2) is 5.78 Å². The van der Waals surface area contributed by atoms with Crippen LogP contribution in [0, 0.1) is 0 Å². The standard InChI is InChI=1S/C15H22BrNO/c1-2-3-4-5-6-7-8-15(18)12-9-10-14(17)13(16)11-12/h9-11H,2-8,17H2,1H3. The van der Waals surface area contributed by atoms with Crippen LogP contribution in [0.25, 0.3) is 0 Å². The van der Waals surface area contributed by atoms with Gasteiger partial charge in [-0.3, -0.25) is 4.79 Å². The normalized spacial score (nSPS) is 10.6. The lowest BCUT2D eigenvalue weighted by Crippen LogP contribution is -2.00. The number of carbonyl (C=O) groups is 1. The summed E-state index contributed by atoms with van der Waals surface area (Å²) in [6.45, 7) is 2.21. The highest BCUT2D eigenvalue weighted by Crippen LogP contribution is 2.21. The number of hydrogen-bond donors (Lipinski definition) is 1. The molecule has 18 heavy (non-hydrogen) atoms. The molecule has 0 aliphatic heterocycles. The summed E-state index contributed by atoms with van der Waals surface area (Å²) in [5, 5.41) is 0. The number of nitrogens with two attached hydrogens (primary N) is 1. The fourth-order valence-electron chi connectivity index (χ4n) is 1.91. The average molecular weight is 312 g/mol. The lowest BCUT2D eigenvalue weighted by molar-refractivity contribution is 0.0979. The van der Waals surface area contributed by atoms with Gasteiger partial charge in [0.2, 0.25) is 0 Å². The Balaban J connectivity index is 2.30. The van der Waals surface area contributed by atoms with Crippen LogP contribution in [0.3, 0.4) is 0 Å². The lowest BCUT2D eigenvalue weighted by atomic mass is 10.0. The van der Waals surface area contributed by atoms with E-state index in [9.17, 15) is 4.79 Å². The molecule has 0 unspecified atom stereocenters. The van der Waals surface area contributed by atoms with Crippen molar-refractivity contribution >= 4 is 27.4 Å². The number of unbranched alkanes of at least 4 members (excludes halogenated alkanes) is 5. The first kappa shape index (κ1) is 15.2. The van der Waals surface area contributed by atoms with Gasteiger partial charge in [-0.1, -0.05) is 39.0 Å². The monoisotopic (exact) mass is 311 g/mol. The third-order valence-corrected chi connectivity index (χ3v) is 3.77. The van der Waals surface area contributed by atoms with E-state index in [1.165, 1.54) is 25.7 Å². The molecular weight excluding hydrogens is 290 g/mol. The molecule has 0 aliphatic rings. The molecular formula is C15H22BrNO. The van der Waals surface area contributed by atoms with Gasteiger partial charge in [0.05, 0.1) is 0 Å². The molecule has 0 amide bonds. The molecule has 1 aromatic carbocycles. The first-order valence-corrected chi connectivity index (χ1v) is 7.52. The molecule has 100 valence electrons. The van der Waals surface area contributed by atoms with Gasteiger partial charge in [0, 0.05) is 22.1 Å². The van der Waals surface area contributed by atoms with E-state index in [-0.39, 0.29) is 5.78 Å². The fraction of sp³-hybridized carbons (Fsp3) is 0.533. The minimum Gasteiger partial charge on any atom is -0.398 e.